The second kappa shape index (κ2) is 10.5. The summed E-state index contributed by atoms with van der Waals surface area (Å²) in [5.41, 5.74) is 3.58. The van der Waals surface area contributed by atoms with Gasteiger partial charge in [-0.1, -0.05) is 12.1 Å². The van der Waals surface area contributed by atoms with Crippen molar-refractivity contribution in [3.05, 3.63) is 69.6 Å². The van der Waals surface area contributed by atoms with E-state index in [1.165, 1.54) is 30.5 Å². The number of halogens is 2. The number of likely N-dealkylation sites (tertiary alicyclic amines) is 1. The van der Waals surface area contributed by atoms with Crippen LogP contribution in [-0.4, -0.2) is 48.0 Å². The van der Waals surface area contributed by atoms with Gasteiger partial charge in [-0.05, 0) is 97.1 Å². The first kappa shape index (κ1) is 24.1. The Morgan fingerprint density at radius 3 is 2.68 bits per heavy atom. The van der Waals surface area contributed by atoms with E-state index in [0.29, 0.717) is 16.3 Å². The summed E-state index contributed by atoms with van der Waals surface area (Å²) < 4.78 is 19.8. The minimum absolute atomic E-state index is 0.0388. The minimum Gasteiger partial charge on any atom is -0.480 e. The van der Waals surface area contributed by atoms with Gasteiger partial charge in [0.1, 0.15) is 11.4 Å². The van der Waals surface area contributed by atoms with Crippen molar-refractivity contribution < 1.29 is 13.9 Å². The second-order valence-corrected chi connectivity index (χ2v) is 9.30. The topological polar surface area (TPSA) is 79.4 Å². The molecule has 1 aliphatic rings. The SMILES string of the molecule is COc1nc(Nc2ccc(C3CCN(C)CC3)c(C)c2)ncc1C(=O)Nc1c(F)cccc1Br. The van der Waals surface area contributed by atoms with Crippen LogP contribution >= 0.6 is 15.9 Å². The molecule has 1 fully saturated rings. The molecule has 0 atom stereocenters. The lowest BCUT2D eigenvalue weighted by Gasteiger charge is -2.30. The molecule has 2 heterocycles. The van der Waals surface area contributed by atoms with Gasteiger partial charge in [0, 0.05) is 16.4 Å². The summed E-state index contributed by atoms with van der Waals surface area (Å²) in [6, 6.07) is 10.7. The number of anilines is 3. The molecule has 4 rings (SSSR count). The summed E-state index contributed by atoms with van der Waals surface area (Å²) in [6.45, 7) is 4.35. The number of hydrogen-bond donors (Lipinski definition) is 2. The summed E-state index contributed by atoms with van der Waals surface area (Å²) in [7, 11) is 3.58. The summed E-state index contributed by atoms with van der Waals surface area (Å²) >= 11 is 3.24. The van der Waals surface area contributed by atoms with E-state index in [9.17, 15) is 9.18 Å². The smallest absolute Gasteiger partial charge is 0.262 e. The highest BCUT2D eigenvalue weighted by Gasteiger charge is 2.21. The average Bonchev–Trinajstić information content (AvgIpc) is 2.82. The van der Waals surface area contributed by atoms with E-state index in [0.717, 1.165) is 31.6 Å². The molecule has 0 aliphatic carbocycles. The predicted molar refractivity (Wildman–Crippen MR) is 135 cm³/mol. The van der Waals surface area contributed by atoms with E-state index in [1.54, 1.807) is 12.1 Å². The standard InChI is InChI=1S/C25H27BrFN5O2/c1-15-13-17(7-8-18(15)16-9-11-32(2)12-10-16)29-25-28-14-19(24(31-25)34-3)23(33)30-22-20(26)5-4-6-21(22)27/h4-8,13-14,16H,9-12H2,1-3H3,(H,30,33)(H,28,29,31). The highest BCUT2D eigenvalue weighted by atomic mass is 79.9. The highest BCUT2D eigenvalue weighted by molar-refractivity contribution is 9.10. The van der Waals surface area contributed by atoms with Gasteiger partial charge in [0.25, 0.3) is 5.91 Å². The molecule has 7 nitrogen and oxygen atoms in total. The van der Waals surface area contributed by atoms with Gasteiger partial charge in [-0.2, -0.15) is 4.98 Å². The van der Waals surface area contributed by atoms with Crippen molar-refractivity contribution in [3.63, 3.8) is 0 Å². The Morgan fingerprint density at radius 1 is 1.24 bits per heavy atom. The molecule has 0 spiro atoms. The number of nitrogens with zero attached hydrogens (tertiary/aromatic N) is 3. The number of hydrogen-bond acceptors (Lipinski definition) is 6. The number of rotatable bonds is 6. The highest BCUT2D eigenvalue weighted by Crippen LogP contribution is 2.32. The largest absolute Gasteiger partial charge is 0.480 e. The molecule has 0 saturated carbocycles. The maximum Gasteiger partial charge on any atom is 0.262 e. The Hall–Kier alpha value is -3.04. The molecule has 1 aliphatic heterocycles. The van der Waals surface area contributed by atoms with Crippen molar-refractivity contribution in [2.75, 3.05) is 37.9 Å². The van der Waals surface area contributed by atoms with E-state index in [4.69, 9.17) is 4.74 Å². The predicted octanol–water partition coefficient (Wildman–Crippen LogP) is 5.50. The molecule has 3 aromatic rings. The van der Waals surface area contributed by atoms with Crippen molar-refractivity contribution in [1.82, 2.24) is 14.9 Å². The monoisotopic (exact) mass is 527 g/mol. The Labute approximate surface area is 206 Å². The van der Waals surface area contributed by atoms with Gasteiger partial charge in [0.2, 0.25) is 11.8 Å². The third-order valence-corrected chi connectivity index (χ3v) is 6.74. The molecule has 178 valence electrons. The van der Waals surface area contributed by atoms with Crippen LogP contribution in [0.4, 0.5) is 21.7 Å². The molecule has 0 unspecified atom stereocenters. The van der Waals surface area contributed by atoms with Crippen molar-refractivity contribution in [2.45, 2.75) is 25.7 Å². The summed E-state index contributed by atoms with van der Waals surface area (Å²) in [5, 5.41) is 5.72. The van der Waals surface area contributed by atoms with Crippen molar-refractivity contribution in [3.8, 4) is 5.88 Å². The third kappa shape index (κ3) is 5.37. The number of piperidine rings is 1. The molecule has 1 saturated heterocycles. The van der Waals surface area contributed by atoms with Gasteiger partial charge < -0.3 is 20.3 Å². The fourth-order valence-electron chi connectivity index (χ4n) is 4.20. The van der Waals surface area contributed by atoms with E-state index >= 15 is 0 Å². The van der Waals surface area contributed by atoms with Gasteiger partial charge in [-0.15, -0.1) is 0 Å². The zero-order chi connectivity index (χ0) is 24.2. The Balaban J connectivity index is 1.49. The van der Waals surface area contributed by atoms with Crippen molar-refractivity contribution in [1.29, 1.82) is 0 Å². The van der Waals surface area contributed by atoms with Crippen molar-refractivity contribution in [2.24, 2.45) is 0 Å². The number of para-hydroxylation sites is 1. The Morgan fingerprint density at radius 2 is 2.00 bits per heavy atom. The van der Waals surface area contributed by atoms with Crippen LogP contribution in [0.1, 0.15) is 40.2 Å². The normalized spacial score (nSPS) is 14.6. The van der Waals surface area contributed by atoms with Gasteiger partial charge >= 0.3 is 0 Å². The van der Waals surface area contributed by atoms with E-state index in [-0.39, 0.29) is 17.1 Å². The second-order valence-electron chi connectivity index (χ2n) is 8.44. The summed E-state index contributed by atoms with van der Waals surface area (Å²) in [6.07, 6.45) is 3.69. The van der Waals surface area contributed by atoms with Crippen molar-refractivity contribution >= 4 is 39.2 Å². The Kier molecular flexibility index (Phi) is 7.43. The zero-order valence-electron chi connectivity index (χ0n) is 19.4. The molecular weight excluding hydrogens is 501 g/mol. The summed E-state index contributed by atoms with van der Waals surface area (Å²) in [4.78, 5) is 23.7. The number of ether oxygens (including phenoxy) is 1. The molecule has 1 aromatic heterocycles. The van der Waals surface area contributed by atoms with Crippen LogP contribution in [0, 0.1) is 12.7 Å². The van der Waals surface area contributed by atoms with Crippen LogP contribution in [0.3, 0.4) is 0 Å². The Bertz CT molecular complexity index is 1180. The van der Waals surface area contributed by atoms with Gasteiger partial charge in [0.05, 0.1) is 12.8 Å². The lowest BCUT2D eigenvalue weighted by Crippen LogP contribution is -2.29. The van der Waals surface area contributed by atoms with Crippen LogP contribution in [0.15, 0.2) is 47.1 Å². The zero-order valence-corrected chi connectivity index (χ0v) is 20.9. The van der Waals surface area contributed by atoms with E-state index < -0.39 is 11.7 Å². The van der Waals surface area contributed by atoms with Gasteiger partial charge in [0.15, 0.2) is 0 Å². The molecule has 0 radical (unpaired) electrons. The fourth-order valence-corrected chi connectivity index (χ4v) is 4.64. The minimum atomic E-state index is -0.576. The first-order valence-corrected chi connectivity index (χ1v) is 11.9. The number of aryl methyl sites for hydroxylation is 1. The average molecular weight is 528 g/mol. The van der Waals surface area contributed by atoms with Crippen LogP contribution in [0.25, 0.3) is 0 Å². The lowest BCUT2D eigenvalue weighted by atomic mass is 9.87. The number of methoxy groups -OCH3 is 1. The quantitative estimate of drug-likeness (QED) is 0.440. The number of carbonyl (C=O) groups excluding carboxylic acids is 1. The van der Waals surface area contributed by atoms with Crippen LogP contribution in [0.5, 0.6) is 5.88 Å². The first-order valence-electron chi connectivity index (χ1n) is 11.1. The number of nitrogens with one attached hydrogen (secondary N) is 2. The van der Waals surface area contributed by atoms with E-state index in [2.05, 4.69) is 67.5 Å². The maximum absolute atomic E-state index is 14.1. The van der Waals surface area contributed by atoms with E-state index in [1.807, 2.05) is 6.07 Å². The van der Waals surface area contributed by atoms with Crippen LogP contribution < -0.4 is 15.4 Å². The third-order valence-electron chi connectivity index (χ3n) is 6.08. The number of benzene rings is 2. The number of amides is 1. The molecular formula is C25H27BrFN5O2. The van der Waals surface area contributed by atoms with Crippen LogP contribution in [-0.2, 0) is 0 Å². The first-order chi connectivity index (χ1) is 16.4. The molecule has 0 bridgehead atoms. The van der Waals surface area contributed by atoms with Gasteiger partial charge in [-0.3, -0.25) is 4.79 Å². The number of aromatic nitrogens is 2. The lowest BCUT2D eigenvalue weighted by molar-refractivity contribution is 0.102. The number of carbonyl (C=O) groups is 1. The molecule has 2 N–H and O–H groups in total. The molecule has 9 heteroatoms. The molecule has 34 heavy (non-hydrogen) atoms. The molecule has 2 aromatic carbocycles. The fraction of sp³-hybridized carbons (Fsp3) is 0.320. The summed E-state index contributed by atoms with van der Waals surface area (Å²) in [5.74, 6) is -0.171. The van der Waals surface area contributed by atoms with Crippen LogP contribution in [0.2, 0.25) is 0 Å². The maximum atomic E-state index is 14.1. The molecule has 1 amide bonds. The van der Waals surface area contributed by atoms with Gasteiger partial charge in [-0.25, -0.2) is 9.37 Å².